The lowest BCUT2D eigenvalue weighted by Gasteiger charge is -2.36. The Morgan fingerprint density at radius 2 is 1.96 bits per heavy atom. The molecule has 0 atom stereocenters. The highest BCUT2D eigenvalue weighted by Crippen LogP contribution is 2.48. The van der Waals surface area contributed by atoms with Gasteiger partial charge < -0.3 is 19.6 Å². The summed E-state index contributed by atoms with van der Waals surface area (Å²) in [6.45, 7) is 1.37. The van der Waals surface area contributed by atoms with Crippen LogP contribution in [0.4, 0.5) is 0 Å². The lowest BCUT2D eigenvalue weighted by Crippen LogP contribution is -2.35. The largest absolute Gasteiger partial charge is 0.493 e. The zero-order valence-electron chi connectivity index (χ0n) is 14.2. The van der Waals surface area contributed by atoms with E-state index < -0.39 is 0 Å². The number of ether oxygens (including phenoxy) is 3. The standard InChI is InChI=1S/C19H27NO3/c1-21-10-3-11-23-16-5-4-14-13-19(18(20)17(14)12-16)8-6-15(22-2)7-9-19/h4-5,12,15,20H,3,6-11,13H2,1-2H3. The number of methoxy groups -OCH3 is 2. The molecule has 2 aliphatic carbocycles. The topological polar surface area (TPSA) is 51.5 Å². The molecule has 2 aliphatic rings. The second-order valence-electron chi connectivity index (χ2n) is 6.78. The Balaban J connectivity index is 1.68. The van der Waals surface area contributed by atoms with Crippen LogP contribution in [0.1, 0.15) is 43.2 Å². The molecular formula is C19H27NO3. The van der Waals surface area contributed by atoms with Gasteiger partial charge in [0.05, 0.1) is 12.7 Å². The maximum atomic E-state index is 8.72. The van der Waals surface area contributed by atoms with E-state index in [1.165, 1.54) is 5.56 Å². The van der Waals surface area contributed by atoms with Crippen LogP contribution < -0.4 is 4.74 Å². The SMILES string of the molecule is COCCCOc1ccc2c(c1)C(=N)C1(CCC(OC)CC1)C2. The molecule has 23 heavy (non-hydrogen) atoms. The van der Waals surface area contributed by atoms with Crippen molar-refractivity contribution in [2.45, 2.75) is 44.6 Å². The van der Waals surface area contributed by atoms with Gasteiger partial charge in [0.2, 0.25) is 0 Å². The van der Waals surface area contributed by atoms with E-state index in [2.05, 4.69) is 12.1 Å². The summed E-state index contributed by atoms with van der Waals surface area (Å²) < 4.78 is 16.3. The number of hydrogen-bond acceptors (Lipinski definition) is 4. The second kappa shape index (κ2) is 7.02. The molecular weight excluding hydrogens is 290 g/mol. The van der Waals surface area contributed by atoms with Crippen LogP contribution in [-0.4, -0.2) is 39.2 Å². The molecule has 0 aromatic heterocycles. The summed E-state index contributed by atoms with van der Waals surface area (Å²) in [6, 6.07) is 6.24. The fourth-order valence-electron chi connectivity index (χ4n) is 3.97. The zero-order chi connectivity index (χ0) is 16.3. The van der Waals surface area contributed by atoms with Crippen LogP contribution in [-0.2, 0) is 15.9 Å². The first kappa shape index (κ1) is 16.5. The molecule has 0 heterocycles. The number of nitrogens with one attached hydrogen (secondary N) is 1. The van der Waals surface area contributed by atoms with E-state index >= 15 is 0 Å². The molecule has 3 rings (SSSR count). The molecule has 0 saturated heterocycles. The fraction of sp³-hybridized carbons (Fsp3) is 0.632. The lowest BCUT2D eigenvalue weighted by molar-refractivity contribution is 0.0467. The van der Waals surface area contributed by atoms with Crippen molar-refractivity contribution in [3.05, 3.63) is 29.3 Å². The third kappa shape index (κ3) is 3.29. The summed E-state index contributed by atoms with van der Waals surface area (Å²) in [4.78, 5) is 0. The number of fused-ring (bicyclic) bond motifs is 1. The molecule has 126 valence electrons. The zero-order valence-corrected chi connectivity index (χ0v) is 14.2. The van der Waals surface area contributed by atoms with Crippen LogP contribution >= 0.6 is 0 Å². The van der Waals surface area contributed by atoms with Crippen LogP contribution in [0.25, 0.3) is 0 Å². The van der Waals surface area contributed by atoms with Crippen molar-refractivity contribution in [2.24, 2.45) is 5.41 Å². The molecule has 0 radical (unpaired) electrons. The Bertz CT molecular complexity index is 562. The molecule has 0 unspecified atom stereocenters. The van der Waals surface area contributed by atoms with Crippen molar-refractivity contribution in [3.8, 4) is 5.75 Å². The van der Waals surface area contributed by atoms with Crippen LogP contribution in [0.3, 0.4) is 0 Å². The van der Waals surface area contributed by atoms with Gasteiger partial charge in [-0.15, -0.1) is 0 Å². The highest BCUT2D eigenvalue weighted by Gasteiger charge is 2.44. The van der Waals surface area contributed by atoms with E-state index in [1.807, 2.05) is 6.07 Å². The van der Waals surface area contributed by atoms with Gasteiger partial charge in [-0.3, -0.25) is 0 Å². The first-order chi connectivity index (χ1) is 11.2. The summed E-state index contributed by atoms with van der Waals surface area (Å²) in [5, 5.41) is 8.72. The number of benzene rings is 1. The van der Waals surface area contributed by atoms with Gasteiger partial charge in [0.15, 0.2) is 0 Å². The third-order valence-corrected chi connectivity index (χ3v) is 5.39. The molecule has 1 aromatic carbocycles. The van der Waals surface area contributed by atoms with E-state index in [9.17, 15) is 0 Å². The quantitative estimate of drug-likeness (QED) is 0.816. The van der Waals surface area contributed by atoms with Crippen molar-refractivity contribution in [3.63, 3.8) is 0 Å². The Labute approximate surface area is 138 Å². The Kier molecular flexibility index (Phi) is 5.02. The summed E-state index contributed by atoms with van der Waals surface area (Å²) in [5.41, 5.74) is 3.23. The Morgan fingerprint density at radius 1 is 1.17 bits per heavy atom. The summed E-state index contributed by atoms with van der Waals surface area (Å²) in [6.07, 6.45) is 6.50. The third-order valence-electron chi connectivity index (χ3n) is 5.39. The predicted molar refractivity (Wildman–Crippen MR) is 90.7 cm³/mol. The highest BCUT2D eigenvalue weighted by molar-refractivity contribution is 6.07. The molecule has 4 heteroatoms. The Morgan fingerprint density at radius 3 is 2.65 bits per heavy atom. The predicted octanol–water partition coefficient (Wildman–Crippen LogP) is 3.60. The minimum absolute atomic E-state index is 0.0338. The summed E-state index contributed by atoms with van der Waals surface area (Å²) >= 11 is 0. The minimum Gasteiger partial charge on any atom is -0.493 e. The van der Waals surface area contributed by atoms with Crippen LogP contribution in [0.5, 0.6) is 5.75 Å². The average molecular weight is 317 g/mol. The first-order valence-electron chi connectivity index (χ1n) is 8.55. The maximum Gasteiger partial charge on any atom is 0.119 e. The average Bonchev–Trinajstić information content (AvgIpc) is 2.85. The van der Waals surface area contributed by atoms with Crippen molar-refractivity contribution in [2.75, 3.05) is 27.4 Å². The van der Waals surface area contributed by atoms with Gasteiger partial charge in [0.1, 0.15) is 5.75 Å². The van der Waals surface area contributed by atoms with Gasteiger partial charge in [-0.2, -0.15) is 0 Å². The fourth-order valence-corrected chi connectivity index (χ4v) is 3.97. The Hall–Kier alpha value is -1.39. The maximum absolute atomic E-state index is 8.72. The van der Waals surface area contributed by atoms with Gasteiger partial charge in [-0.1, -0.05) is 6.07 Å². The van der Waals surface area contributed by atoms with Crippen molar-refractivity contribution in [1.82, 2.24) is 0 Å². The molecule has 0 aliphatic heterocycles. The number of hydrogen-bond donors (Lipinski definition) is 1. The molecule has 0 bridgehead atoms. The number of rotatable bonds is 6. The van der Waals surface area contributed by atoms with Gasteiger partial charge >= 0.3 is 0 Å². The molecule has 1 aromatic rings. The highest BCUT2D eigenvalue weighted by atomic mass is 16.5. The van der Waals surface area contributed by atoms with Gasteiger partial charge in [-0.25, -0.2) is 0 Å². The second-order valence-corrected chi connectivity index (χ2v) is 6.78. The van der Waals surface area contributed by atoms with E-state index in [-0.39, 0.29) is 5.41 Å². The minimum atomic E-state index is 0.0338. The molecule has 4 nitrogen and oxygen atoms in total. The summed E-state index contributed by atoms with van der Waals surface area (Å²) in [7, 11) is 3.50. The van der Waals surface area contributed by atoms with Crippen molar-refractivity contribution in [1.29, 1.82) is 5.41 Å². The molecule has 1 fully saturated rings. The smallest absolute Gasteiger partial charge is 0.119 e. The van der Waals surface area contributed by atoms with Crippen LogP contribution in [0, 0.1) is 10.8 Å². The van der Waals surface area contributed by atoms with E-state index in [1.54, 1.807) is 14.2 Å². The molecule has 1 spiro atoms. The summed E-state index contributed by atoms with van der Waals surface area (Å²) in [5.74, 6) is 0.868. The van der Waals surface area contributed by atoms with Crippen molar-refractivity contribution < 1.29 is 14.2 Å². The first-order valence-corrected chi connectivity index (χ1v) is 8.55. The van der Waals surface area contributed by atoms with Crippen molar-refractivity contribution >= 4 is 5.71 Å². The van der Waals surface area contributed by atoms with E-state index in [4.69, 9.17) is 19.6 Å². The van der Waals surface area contributed by atoms with Crippen LogP contribution in [0.15, 0.2) is 18.2 Å². The monoisotopic (exact) mass is 317 g/mol. The van der Waals surface area contributed by atoms with E-state index in [0.717, 1.165) is 55.5 Å². The lowest BCUT2D eigenvalue weighted by atomic mass is 9.70. The molecule has 1 N–H and O–H groups in total. The van der Waals surface area contributed by atoms with Gasteiger partial charge in [-0.05, 0) is 49.8 Å². The normalized spacial score (nSPS) is 26.5. The van der Waals surface area contributed by atoms with Gasteiger partial charge in [0.25, 0.3) is 0 Å². The molecule has 0 amide bonds. The van der Waals surface area contributed by atoms with Crippen LogP contribution in [0.2, 0.25) is 0 Å². The van der Waals surface area contributed by atoms with E-state index in [0.29, 0.717) is 19.3 Å². The molecule has 1 saturated carbocycles. The van der Waals surface area contributed by atoms with Gasteiger partial charge in [0, 0.05) is 43.9 Å².